The first-order chi connectivity index (χ1) is 15.0. The number of fused-ring (bicyclic) bond motifs is 1. The van der Waals surface area contributed by atoms with Gasteiger partial charge in [-0.05, 0) is 49.2 Å². The molecule has 4 N–H and O–H groups in total. The van der Waals surface area contributed by atoms with Gasteiger partial charge in [0.1, 0.15) is 12.1 Å². The summed E-state index contributed by atoms with van der Waals surface area (Å²) in [5.74, 6) is 0.159. The van der Waals surface area contributed by atoms with Crippen LogP contribution in [0.2, 0.25) is 5.02 Å². The smallest absolute Gasteiger partial charge is 0.243 e. The van der Waals surface area contributed by atoms with Crippen LogP contribution in [0.25, 0.3) is 10.9 Å². The number of hydrogen-bond acceptors (Lipinski definition) is 6. The lowest BCUT2D eigenvalue weighted by molar-refractivity contribution is -0.129. The van der Waals surface area contributed by atoms with Crippen molar-refractivity contribution in [2.75, 3.05) is 10.6 Å². The number of amides is 2. The highest BCUT2D eigenvalue weighted by Crippen LogP contribution is 2.27. The molecule has 0 fully saturated rings. The molecule has 0 bridgehead atoms. The van der Waals surface area contributed by atoms with Crippen LogP contribution in [0.4, 0.5) is 17.2 Å². The van der Waals surface area contributed by atoms with Gasteiger partial charge in [-0.25, -0.2) is 15.4 Å². The van der Waals surface area contributed by atoms with Crippen molar-refractivity contribution >= 4 is 51.5 Å². The normalized spacial score (nSPS) is 10.6. The number of aromatic nitrogens is 2. The van der Waals surface area contributed by atoms with Crippen LogP contribution in [0.5, 0.6) is 0 Å². The van der Waals surface area contributed by atoms with E-state index >= 15 is 0 Å². The zero-order valence-corrected chi connectivity index (χ0v) is 17.7. The summed E-state index contributed by atoms with van der Waals surface area (Å²) in [6.45, 7) is 0. The van der Waals surface area contributed by atoms with E-state index < -0.39 is 0 Å². The van der Waals surface area contributed by atoms with E-state index in [0.717, 1.165) is 35.9 Å². The Balaban J connectivity index is 1.57. The number of rotatable bonds is 10. The molecule has 0 spiro atoms. The van der Waals surface area contributed by atoms with Gasteiger partial charge in [0.2, 0.25) is 11.8 Å². The van der Waals surface area contributed by atoms with E-state index in [-0.39, 0.29) is 18.2 Å². The van der Waals surface area contributed by atoms with Gasteiger partial charge in [-0.15, -0.1) is 0 Å². The third kappa shape index (κ3) is 6.91. The second kappa shape index (κ2) is 11.2. The summed E-state index contributed by atoms with van der Waals surface area (Å²) < 4.78 is 0. The second-order valence-electron chi connectivity index (χ2n) is 7.09. The molecule has 0 unspecified atom stereocenters. The van der Waals surface area contributed by atoms with Crippen molar-refractivity contribution in [3.63, 3.8) is 0 Å². The molecule has 8 nitrogen and oxygen atoms in total. The van der Waals surface area contributed by atoms with Crippen LogP contribution in [-0.4, -0.2) is 27.0 Å². The van der Waals surface area contributed by atoms with Gasteiger partial charge in [0.05, 0.1) is 5.52 Å². The molecule has 0 aliphatic heterocycles. The number of nitrogens with zero attached hydrogens (tertiary/aromatic N) is 2. The average Bonchev–Trinajstić information content (AvgIpc) is 2.76. The van der Waals surface area contributed by atoms with E-state index in [2.05, 4.69) is 20.6 Å². The minimum absolute atomic E-state index is 0.0753. The minimum atomic E-state index is -0.387. The Labute approximate surface area is 185 Å². The van der Waals surface area contributed by atoms with E-state index in [0.29, 0.717) is 29.4 Å². The monoisotopic (exact) mass is 441 g/mol. The third-order valence-electron chi connectivity index (χ3n) is 4.69. The first-order valence-electron chi connectivity index (χ1n) is 10.1. The number of anilines is 3. The van der Waals surface area contributed by atoms with Crippen LogP contribution < -0.4 is 16.1 Å². The Morgan fingerprint density at radius 3 is 2.42 bits per heavy atom. The van der Waals surface area contributed by atoms with E-state index in [4.69, 9.17) is 16.8 Å². The molecule has 0 radical (unpaired) electrons. The van der Waals surface area contributed by atoms with E-state index in [1.165, 1.54) is 6.33 Å². The lowest BCUT2D eigenvalue weighted by atomic mass is 10.1. The highest BCUT2D eigenvalue weighted by molar-refractivity contribution is 6.30. The summed E-state index contributed by atoms with van der Waals surface area (Å²) in [7, 11) is 0. The average molecular weight is 442 g/mol. The summed E-state index contributed by atoms with van der Waals surface area (Å²) in [6, 6.07) is 12.8. The van der Waals surface area contributed by atoms with Crippen molar-refractivity contribution in [1.82, 2.24) is 15.4 Å². The standard InChI is InChI=1S/C22H24ClN5O3/c23-15-6-5-7-16(12-15)27-22-18-13-17(10-11-19(18)24-14-25-22)26-20(29)8-3-1-2-4-9-21(30)28-31/h5-7,10-14,31H,1-4,8-9H2,(H,26,29)(H,28,30)(H,24,25,27). The molecule has 31 heavy (non-hydrogen) atoms. The largest absolute Gasteiger partial charge is 0.340 e. The van der Waals surface area contributed by atoms with Crippen LogP contribution in [0.1, 0.15) is 38.5 Å². The molecule has 2 aromatic carbocycles. The van der Waals surface area contributed by atoms with Gasteiger partial charge >= 0.3 is 0 Å². The topological polar surface area (TPSA) is 116 Å². The number of hydrogen-bond donors (Lipinski definition) is 4. The molecule has 162 valence electrons. The fraction of sp³-hybridized carbons (Fsp3) is 0.273. The van der Waals surface area contributed by atoms with E-state index in [1.807, 2.05) is 30.3 Å². The zero-order chi connectivity index (χ0) is 22.1. The molecular formula is C22H24ClN5O3. The predicted molar refractivity (Wildman–Crippen MR) is 121 cm³/mol. The fourth-order valence-electron chi connectivity index (χ4n) is 3.14. The number of carbonyl (C=O) groups is 2. The van der Waals surface area contributed by atoms with Crippen LogP contribution >= 0.6 is 11.6 Å². The summed E-state index contributed by atoms with van der Waals surface area (Å²) in [6.07, 6.45) is 5.23. The maximum atomic E-state index is 12.3. The van der Waals surface area contributed by atoms with Gasteiger partial charge in [0.15, 0.2) is 0 Å². The van der Waals surface area contributed by atoms with E-state index in [1.54, 1.807) is 17.6 Å². The quantitative estimate of drug-likeness (QED) is 0.204. The molecule has 3 rings (SSSR count). The van der Waals surface area contributed by atoms with E-state index in [9.17, 15) is 9.59 Å². The zero-order valence-electron chi connectivity index (χ0n) is 16.9. The number of nitrogens with one attached hydrogen (secondary N) is 3. The lowest BCUT2D eigenvalue weighted by Crippen LogP contribution is -2.17. The van der Waals surface area contributed by atoms with Crippen molar-refractivity contribution in [3.8, 4) is 0 Å². The Morgan fingerprint density at radius 2 is 1.68 bits per heavy atom. The second-order valence-corrected chi connectivity index (χ2v) is 7.52. The molecule has 0 aliphatic rings. The van der Waals surface area contributed by atoms with Crippen LogP contribution in [0.3, 0.4) is 0 Å². The summed E-state index contributed by atoms with van der Waals surface area (Å²) >= 11 is 6.05. The van der Waals surface area contributed by atoms with Gasteiger partial charge in [0, 0.05) is 34.6 Å². The van der Waals surface area contributed by atoms with Crippen LogP contribution in [0, 0.1) is 0 Å². The van der Waals surface area contributed by atoms with Crippen molar-refractivity contribution < 1.29 is 14.8 Å². The number of carbonyl (C=O) groups excluding carboxylic acids is 2. The Bertz CT molecular complexity index is 1060. The van der Waals surface area contributed by atoms with Gasteiger partial charge < -0.3 is 10.6 Å². The summed E-state index contributed by atoms with van der Waals surface area (Å²) in [4.78, 5) is 31.8. The van der Waals surface area contributed by atoms with Gasteiger partial charge in [0.25, 0.3) is 0 Å². The Kier molecular flexibility index (Phi) is 8.14. The maximum Gasteiger partial charge on any atom is 0.243 e. The summed E-state index contributed by atoms with van der Waals surface area (Å²) in [5, 5.41) is 16.0. The lowest BCUT2D eigenvalue weighted by Gasteiger charge is -2.11. The predicted octanol–water partition coefficient (Wildman–Crippen LogP) is 4.81. The molecule has 0 atom stereocenters. The number of hydroxylamine groups is 1. The van der Waals surface area contributed by atoms with Crippen molar-refractivity contribution in [1.29, 1.82) is 0 Å². The highest BCUT2D eigenvalue weighted by atomic mass is 35.5. The van der Waals surface area contributed by atoms with Crippen LogP contribution in [0.15, 0.2) is 48.8 Å². The Hall–Kier alpha value is -3.23. The van der Waals surface area contributed by atoms with Gasteiger partial charge in [-0.1, -0.05) is 30.5 Å². The fourth-order valence-corrected chi connectivity index (χ4v) is 3.33. The van der Waals surface area contributed by atoms with Crippen LogP contribution in [-0.2, 0) is 9.59 Å². The molecule has 3 aromatic rings. The molecule has 9 heteroatoms. The maximum absolute atomic E-state index is 12.3. The van der Waals surface area contributed by atoms with Crippen molar-refractivity contribution in [2.45, 2.75) is 38.5 Å². The van der Waals surface area contributed by atoms with Gasteiger partial charge in [-0.2, -0.15) is 0 Å². The number of halogens is 1. The molecule has 0 aliphatic carbocycles. The SMILES string of the molecule is O=C(CCCCCCC(=O)Nc1ccc2ncnc(Nc3cccc(Cl)c3)c2c1)NO. The molecule has 1 aromatic heterocycles. The third-order valence-corrected chi connectivity index (χ3v) is 4.92. The molecule has 0 saturated heterocycles. The molecule has 1 heterocycles. The molecular weight excluding hydrogens is 418 g/mol. The van der Waals surface area contributed by atoms with Gasteiger partial charge in [-0.3, -0.25) is 14.8 Å². The number of benzene rings is 2. The van der Waals surface area contributed by atoms with Crippen molar-refractivity contribution in [2.24, 2.45) is 0 Å². The van der Waals surface area contributed by atoms with Crippen molar-refractivity contribution in [3.05, 3.63) is 53.8 Å². The molecule has 2 amide bonds. The Morgan fingerprint density at radius 1 is 0.903 bits per heavy atom. The first-order valence-corrected chi connectivity index (χ1v) is 10.4. The molecule has 0 saturated carbocycles. The number of unbranched alkanes of at least 4 members (excludes halogenated alkanes) is 3. The minimum Gasteiger partial charge on any atom is -0.340 e. The summed E-state index contributed by atoms with van der Waals surface area (Å²) in [5.41, 5.74) is 3.84. The first kappa shape index (κ1) is 22.5. The highest BCUT2D eigenvalue weighted by Gasteiger charge is 2.08.